The molecule has 0 unspecified atom stereocenters. The van der Waals surface area contributed by atoms with Crippen molar-refractivity contribution in [2.75, 3.05) is 4.90 Å². The standard InChI is InChI=1S/C26H30FN/c1-25(2,3)19-7-13-22(14-8-19)28(24-17-11-21(27)12-18-24)23-15-9-20(10-16-23)26(4,5)6/h7-18H,1-6H3. The third-order valence-corrected chi connectivity index (χ3v) is 5.07. The first-order chi connectivity index (χ1) is 13.1. The Balaban J connectivity index is 2.06. The highest BCUT2D eigenvalue weighted by Crippen LogP contribution is 2.36. The highest BCUT2D eigenvalue weighted by Gasteiger charge is 2.18. The molecule has 146 valence electrons. The Bertz CT molecular complexity index is 851. The fourth-order valence-electron chi connectivity index (χ4n) is 3.26. The van der Waals surface area contributed by atoms with E-state index < -0.39 is 0 Å². The van der Waals surface area contributed by atoms with Gasteiger partial charge in [0.1, 0.15) is 5.82 Å². The van der Waals surface area contributed by atoms with Crippen LogP contribution in [-0.2, 0) is 10.8 Å². The molecule has 0 radical (unpaired) electrons. The summed E-state index contributed by atoms with van der Waals surface area (Å²) in [6.07, 6.45) is 0. The third kappa shape index (κ3) is 4.44. The van der Waals surface area contributed by atoms with Crippen LogP contribution in [0.5, 0.6) is 0 Å². The van der Waals surface area contributed by atoms with E-state index in [1.165, 1.54) is 23.3 Å². The molecule has 0 aliphatic rings. The smallest absolute Gasteiger partial charge is 0.123 e. The SMILES string of the molecule is CC(C)(C)c1ccc(N(c2ccc(F)cc2)c2ccc(C(C)(C)C)cc2)cc1. The van der Waals surface area contributed by atoms with E-state index in [1.807, 2.05) is 12.1 Å². The quantitative estimate of drug-likeness (QED) is 0.450. The van der Waals surface area contributed by atoms with Crippen molar-refractivity contribution >= 4 is 17.1 Å². The number of halogens is 1. The summed E-state index contributed by atoms with van der Waals surface area (Å²) in [6.45, 7) is 13.3. The highest BCUT2D eigenvalue weighted by molar-refractivity contribution is 5.76. The number of nitrogens with zero attached hydrogens (tertiary/aromatic N) is 1. The molecule has 0 N–H and O–H groups in total. The molecule has 0 saturated heterocycles. The first-order valence-corrected chi connectivity index (χ1v) is 9.82. The van der Waals surface area contributed by atoms with Gasteiger partial charge < -0.3 is 4.90 Å². The van der Waals surface area contributed by atoms with Gasteiger partial charge in [-0.25, -0.2) is 4.39 Å². The van der Waals surface area contributed by atoms with Gasteiger partial charge in [0.25, 0.3) is 0 Å². The lowest BCUT2D eigenvalue weighted by Crippen LogP contribution is -2.14. The van der Waals surface area contributed by atoms with E-state index in [-0.39, 0.29) is 16.6 Å². The molecule has 3 aromatic rings. The Morgan fingerprint density at radius 1 is 0.500 bits per heavy atom. The molecular formula is C26H30FN. The maximum Gasteiger partial charge on any atom is 0.123 e. The van der Waals surface area contributed by atoms with E-state index in [0.717, 1.165) is 17.1 Å². The van der Waals surface area contributed by atoms with Crippen molar-refractivity contribution in [2.24, 2.45) is 0 Å². The second kappa shape index (κ2) is 7.43. The molecular weight excluding hydrogens is 345 g/mol. The second-order valence-electron chi connectivity index (χ2n) is 9.41. The molecule has 0 aromatic heterocycles. The summed E-state index contributed by atoms with van der Waals surface area (Å²) in [5.74, 6) is -0.227. The van der Waals surface area contributed by atoms with Crippen LogP contribution < -0.4 is 4.90 Å². The molecule has 0 bridgehead atoms. The average Bonchev–Trinajstić information content (AvgIpc) is 2.63. The van der Waals surface area contributed by atoms with Crippen molar-refractivity contribution in [2.45, 2.75) is 52.4 Å². The summed E-state index contributed by atoms with van der Waals surface area (Å²) in [4.78, 5) is 2.16. The summed E-state index contributed by atoms with van der Waals surface area (Å²) in [5.41, 5.74) is 5.85. The van der Waals surface area contributed by atoms with E-state index >= 15 is 0 Å². The molecule has 0 spiro atoms. The van der Waals surface area contributed by atoms with Crippen molar-refractivity contribution in [3.63, 3.8) is 0 Å². The molecule has 0 fully saturated rings. The molecule has 3 aromatic carbocycles. The minimum Gasteiger partial charge on any atom is -0.311 e. The van der Waals surface area contributed by atoms with Gasteiger partial charge >= 0.3 is 0 Å². The van der Waals surface area contributed by atoms with E-state index in [1.54, 1.807) is 0 Å². The zero-order valence-electron chi connectivity index (χ0n) is 17.8. The predicted molar refractivity (Wildman–Crippen MR) is 118 cm³/mol. The predicted octanol–water partition coefficient (Wildman–Crippen LogP) is 7.89. The second-order valence-corrected chi connectivity index (χ2v) is 9.41. The van der Waals surface area contributed by atoms with E-state index in [4.69, 9.17) is 0 Å². The summed E-state index contributed by atoms with van der Waals surface area (Å²) in [5, 5.41) is 0. The van der Waals surface area contributed by atoms with Gasteiger partial charge in [-0.15, -0.1) is 0 Å². The molecule has 1 nitrogen and oxygen atoms in total. The van der Waals surface area contributed by atoms with E-state index in [0.29, 0.717) is 0 Å². The van der Waals surface area contributed by atoms with Crippen LogP contribution in [0.4, 0.5) is 21.5 Å². The topological polar surface area (TPSA) is 3.24 Å². The van der Waals surface area contributed by atoms with Crippen LogP contribution in [0.2, 0.25) is 0 Å². The number of rotatable bonds is 3. The lowest BCUT2D eigenvalue weighted by atomic mass is 9.86. The number of anilines is 3. The van der Waals surface area contributed by atoms with Gasteiger partial charge in [-0.1, -0.05) is 65.8 Å². The highest BCUT2D eigenvalue weighted by atomic mass is 19.1. The van der Waals surface area contributed by atoms with E-state index in [9.17, 15) is 4.39 Å². The maximum absolute atomic E-state index is 13.5. The number of benzene rings is 3. The third-order valence-electron chi connectivity index (χ3n) is 5.07. The summed E-state index contributed by atoms with van der Waals surface area (Å²) in [6, 6.07) is 23.9. The molecule has 0 saturated carbocycles. The molecule has 0 amide bonds. The molecule has 0 aliphatic heterocycles. The van der Waals surface area contributed by atoms with Crippen LogP contribution in [0.1, 0.15) is 52.7 Å². The Morgan fingerprint density at radius 3 is 1.07 bits per heavy atom. The summed E-state index contributed by atoms with van der Waals surface area (Å²) in [7, 11) is 0. The molecule has 3 rings (SSSR count). The zero-order chi connectivity index (χ0) is 20.5. The van der Waals surface area contributed by atoms with Crippen LogP contribution in [0.3, 0.4) is 0 Å². The molecule has 0 atom stereocenters. The van der Waals surface area contributed by atoms with Crippen LogP contribution in [-0.4, -0.2) is 0 Å². The monoisotopic (exact) mass is 375 g/mol. The normalized spacial score (nSPS) is 12.1. The van der Waals surface area contributed by atoms with Gasteiger partial charge in [0.2, 0.25) is 0 Å². The van der Waals surface area contributed by atoms with Gasteiger partial charge in [0, 0.05) is 17.1 Å². The Hall–Kier alpha value is -2.61. The molecule has 2 heteroatoms. The fraction of sp³-hybridized carbons (Fsp3) is 0.308. The summed E-state index contributed by atoms with van der Waals surface area (Å²) >= 11 is 0. The molecule has 28 heavy (non-hydrogen) atoms. The first kappa shape index (κ1) is 20.1. The van der Waals surface area contributed by atoms with Crippen LogP contribution in [0, 0.1) is 5.82 Å². The van der Waals surface area contributed by atoms with Gasteiger partial charge in [0.05, 0.1) is 0 Å². The van der Waals surface area contributed by atoms with Crippen molar-refractivity contribution < 1.29 is 4.39 Å². The van der Waals surface area contributed by atoms with Crippen LogP contribution in [0.25, 0.3) is 0 Å². The van der Waals surface area contributed by atoms with Crippen molar-refractivity contribution in [1.82, 2.24) is 0 Å². The van der Waals surface area contributed by atoms with Crippen molar-refractivity contribution in [3.05, 3.63) is 89.7 Å². The average molecular weight is 376 g/mol. The van der Waals surface area contributed by atoms with Crippen LogP contribution >= 0.6 is 0 Å². The fourth-order valence-corrected chi connectivity index (χ4v) is 3.26. The maximum atomic E-state index is 13.5. The lowest BCUT2D eigenvalue weighted by molar-refractivity contribution is 0.590. The molecule has 0 aliphatic carbocycles. The minimum absolute atomic E-state index is 0.105. The number of hydrogen-bond acceptors (Lipinski definition) is 1. The number of hydrogen-bond donors (Lipinski definition) is 0. The molecule has 0 heterocycles. The van der Waals surface area contributed by atoms with Crippen LogP contribution in [0.15, 0.2) is 72.8 Å². The van der Waals surface area contributed by atoms with Crippen molar-refractivity contribution in [1.29, 1.82) is 0 Å². The Kier molecular flexibility index (Phi) is 5.34. The lowest BCUT2D eigenvalue weighted by Gasteiger charge is -2.28. The summed E-state index contributed by atoms with van der Waals surface area (Å²) < 4.78 is 13.5. The zero-order valence-corrected chi connectivity index (χ0v) is 17.8. The van der Waals surface area contributed by atoms with Gasteiger partial charge in [-0.2, -0.15) is 0 Å². The minimum atomic E-state index is -0.227. The van der Waals surface area contributed by atoms with Gasteiger partial charge in [-0.05, 0) is 70.5 Å². The first-order valence-electron chi connectivity index (χ1n) is 9.82. The van der Waals surface area contributed by atoms with E-state index in [2.05, 4.69) is 95.0 Å². The Morgan fingerprint density at radius 2 is 0.786 bits per heavy atom. The van der Waals surface area contributed by atoms with Gasteiger partial charge in [0.15, 0.2) is 0 Å². The Labute approximate surface area is 168 Å². The van der Waals surface area contributed by atoms with Gasteiger partial charge in [-0.3, -0.25) is 0 Å². The van der Waals surface area contributed by atoms with Crippen molar-refractivity contribution in [3.8, 4) is 0 Å². The largest absolute Gasteiger partial charge is 0.311 e.